The topological polar surface area (TPSA) is 59.1 Å². The number of rotatable bonds is 8. The van der Waals surface area contributed by atoms with Crippen LogP contribution in [0.3, 0.4) is 0 Å². The summed E-state index contributed by atoms with van der Waals surface area (Å²) in [6, 6.07) is 0.439. The Morgan fingerprint density at radius 3 is 2.91 bits per heavy atom. The molecule has 0 unspecified atom stereocenters. The van der Waals surface area contributed by atoms with Crippen LogP contribution >= 0.6 is 23.6 Å². The molecule has 1 fully saturated rings. The van der Waals surface area contributed by atoms with Crippen LogP contribution in [0.4, 0.5) is 0 Å². The minimum absolute atomic E-state index is 0.0572. The summed E-state index contributed by atoms with van der Waals surface area (Å²) < 4.78 is 4.58. The van der Waals surface area contributed by atoms with Crippen LogP contribution in [0.1, 0.15) is 36.6 Å². The third kappa shape index (κ3) is 3.45. The van der Waals surface area contributed by atoms with E-state index in [1.165, 1.54) is 0 Å². The SMILES string of the molecule is CCN(CCc1nccs1)Cn1nc(CO)n(C2CC2)c1=S. The fourth-order valence-corrected chi connectivity index (χ4v) is 3.48. The molecule has 2 aromatic heterocycles. The molecule has 0 saturated heterocycles. The van der Waals surface area contributed by atoms with E-state index in [9.17, 15) is 5.11 Å². The van der Waals surface area contributed by atoms with Gasteiger partial charge in [0.05, 0.1) is 11.7 Å². The maximum atomic E-state index is 9.49. The molecule has 1 aliphatic carbocycles. The molecule has 0 bridgehead atoms. The predicted octanol–water partition coefficient (Wildman–Crippen LogP) is 2.22. The monoisotopic (exact) mass is 339 g/mol. The largest absolute Gasteiger partial charge is 0.388 e. The van der Waals surface area contributed by atoms with E-state index in [-0.39, 0.29) is 6.61 Å². The summed E-state index contributed by atoms with van der Waals surface area (Å²) >= 11 is 7.23. The molecule has 0 spiro atoms. The fraction of sp³-hybridized carbons (Fsp3) is 0.643. The van der Waals surface area contributed by atoms with Crippen molar-refractivity contribution in [2.45, 2.75) is 45.5 Å². The smallest absolute Gasteiger partial charge is 0.199 e. The van der Waals surface area contributed by atoms with Crippen LogP contribution in [0.5, 0.6) is 0 Å². The van der Waals surface area contributed by atoms with Gasteiger partial charge in [-0.1, -0.05) is 6.92 Å². The fourth-order valence-electron chi connectivity index (χ4n) is 2.51. The van der Waals surface area contributed by atoms with Gasteiger partial charge in [0, 0.05) is 30.6 Å². The first-order chi connectivity index (χ1) is 10.7. The van der Waals surface area contributed by atoms with E-state index in [0.717, 1.165) is 42.1 Å². The van der Waals surface area contributed by atoms with Gasteiger partial charge in [-0.15, -0.1) is 11.3 Å². The van der Waals surface area contributed by atoms with Gasteiger partial charge < -0.3 is 5.11 Å². The number of aliphatic hydroxyl groups is 1. The molecule has 2 heterocycles. The van der Waals surface area contributed by atoms with Gasteiger partial charge in [-0.25, -0.2) is 9.67 Å². The summed E-state index contributed by atoms with van der Waals surface area (Å²) in [4.78, 5) is 6.62. The number of nitrogens with zero attached hydrogens (tertiary/aromatic N) is 5. The zero-order valence-electron chi connectivity index (χ0n) is 12.7. The Hall–Kier alpha value is -1.09. The summed E-state index contributed by atoms with van der Waals surface area (Å²) in [5.41, 5.74) is 0. The van der Waals surface area contributed by atoms with Crippen LogP contribution in [0.25, 0.3) is 0 Å². The first-order valence-corrected chi connectivity index (χ1v) is 8.91. The molecule has 0 atom stereocenters. The highest BCUT2D eigenvalue weighted by Gasteiger charge is 2.28. The maximum absolute atomic E-state index is 9.49. The summed E-state index contributed by atoms with van der Waals surface area (Å²) in [7, 11) is 0. The number of likely N-dealkylation sites (N-methyl/N-ethyl adjacent to an activating group) is 1. The summed E-state index contributed by atoms with van der Waals surface area (Å²) in [5, 5.41) is 17.1. The zero-order chi connectivity index (χ0) is 15.5. The van der Waals surface area contributed by atoms with Gasteiger partial charge in [0.25, 0.3) is 0 Å². The Morgan fingerprint density at radius 2 is 2.32 bits per heavy atom. The highest BCUT2D eigenvalue weighted by molar-refractivity contribution is 7.71. The minimum Gasteiger partial charge on any atom is -0.388 e. The number of aliphatic hydroxyl groups excluding tert-OH is 1. The molecule has 120 valence electrons. The Kier molecular flexibility index (Phi) is 5.02. The van der Waals surface area contributed by atoms with Crippen molar-refractivity contribution in [3.05, 3.63) is 27.2 Å². The molecule has 3 rings (SSSR count). The van der Waals surface area contributed by atoms with Crippen molar-refractivity contribution in [2.24, 2.45) is 0 Å². The second-order valence-electron chi connectivity index (χ2n) is 5.49. The van der Waals surface area contributed by atoms with Crippen molar-refractivity contribution < 1.29 is 5.11 Å². The lowest BCUT2D eigenvalue weighted by molar-refractivity contribution is 0.215. The molecular weight excluding hydrogens is 318 g/mol. The third-order valence-corrected chi connectivity index (χ3v) is 5.15. The molecule has 2 aromatic rings. The minimum atomic E-state index is -0.0572. The van der Waals surface area contributed by atoms with Gasteiger partial charge in [0.15, 0.2) is 10.6 Å². The van der Waals surface area contributed by atoms with Gasteiger partial charge in [0.1, 0.15) is 6.61 Å². The molecule has 22 heavy (non-hydrogen) atoms. The highest BCUT2D eigenvalue weighted by Crippen LogP contribution is 2.36. The highest BCUT2D eigenvalue weighted by atomic mass is 32.1. The second-order valence-corrected chi connectivity index (χ2v) is 6.83. The lowest BCUT2D eigenvalue weighted by atomic mass is 10.4. The molecule has 6 nitrogen and oxygen atoms in total. The maximum Gasteiger partial charge on any atom is 0.199 e. The van der Waals surface area contributed by atoms with Crippen LogP contribution in [0.15, 0.2) is 11.6 Å². The molecule has 0 aliphatic heterocycles. The average molecular weight is 339 g/mol. The van der Waals surface area contributed by atoms with Gasteiger partial charge >= 0.3 is 0 Å². The number of hydrogen-bond donors (Lipinski definition) is 1. The molecule has 8 heteroatoms. The Labute approximate surface area is 139 Å². The number of thiazole rings is 1. The average Bonchev–Trinajstić information content (AvgIpc) is 3.12. The van der Waals surface area contributed by atoms with Crippen LogP contribution in [0, 0.1) is 4.77 Å². The number of aromatic nitrogens is 4. The van der Waals surface area contributed by atoms with Crippen molar-refractivity contribution in [1.29, 1.82) is 0 Å². The van der Waals surface area contributed by atoms with Crippen LogP contribution in [-0.2, 0) is 19.7 Å². The second kappa shape index (κ2) is 6.99. The van der Waals surface area contributed by atoms with Crippen LogP contribution in [0.2, 0.25) is 0 Å². The van der Waals surface area contributed by atoms with Gasteiger partial charge in [0.2, 0.25) is 0 Å². The molecule has 0 amide bonds. The van der Waals surface area contributed by atoms with E-state index >= 15 is 0 Å². The molecule has 1 aliphatic rings. The van der Waals surface area contributed by atoms with E-state index in [1.807, 2.05) is 20.8 Å². The van der Waals surface area contributed by atoms with Crippen molar-refractivity contribution in [2.75, 3.05) is 13.1 Å². The van der Waals surface area contributed by atoms with Crippen molar-refractivity contribution >= 4 is 23.6 Å². The molecule has 0 radical (unpaired) electrons. The predicted molar refractivity (Wildman–Crippen MR) is 88.3 cm³/mol. The van der Waals surface area contributed by atoms with Crippen molar-refractivity contribution in [1.82, 2.24) is 24.2 Å². The van der Waals surface area contributed by atoms with Crippen LogP contribution < -0.4 is 0 Å². The van der Waals surface area contributed by atoms with E-state index in [0.29, 0.717) is 18.5 Å². The van der Waals surface area contributed by atoms with E-state index in [2.05, 4.69) is 21.9 Å². The van der Waals surface area contributed by atoms with Gasteiger partial charge in [-0.05, 0) is 31.6 Å². The van der Waals surface area contributed by atoms with E-state index < -0.39 is 0 Å². The van der Waals surface area contributed by atoms with Gasteiger partial charge in [-0.2, -0.15) is 5.10 Å². The molecule has 1 saturated carbocycles. The Balaban J connectivity index is 1.69. The zero-order valence-corrected chi connectivity index (χ0v) is 14.3. The first kappa shape index (κ1) is 15.8. The quantitative estimate of drug-likeness (QED) is 0.747. The van der Waals surface area contributed by atoms with Crippen molar-refractivity contribution in [3.63, 3.8) is 0 Å². The molecule has 0 aromatic carbocycles. The Morgan fingerprint density at radius 1 is 1.50 bits per heavy atom. The van der Waals surface area contributed by atoms with Crippen molar-refractivity contribution in [3.8, 4) is 0 Å². The first-order valence-electron chi connectivity index (χ1n) is 7.62. The standard InChI is InChI=1S/C14H21N5OS2/c1-2-17(7-5-13-15-6-8-22-13)10-18-14(21)19(11-3-4-11)12(9-20)16-18/h6,8,11,20H,2-5,7,9-10H2,1H3. The normalized spacial score (nSPS) is 14.9. The summed E-state index contributed by atoms with van der Waals surface area (Å²) in [6.07, 6.45) is 5.05. The Bertz CT molecular complexity index is 659. The van der Waals surface area contributed by atoms with Crippen LogP contribution in [-0.4, -0.2) is 42.4 Å². The molecule has 1 N–H and O–H groups in total. The number of hydrogen-bond acceptors (Lipinski definition) is 6. The van der Waals surface area contributed by atoms with E-state index in [1.54, 1.807) is 11.3 Å². The van der Waals surface area contributed by atoms with E-state index in [4.69, 9.17) is 12.2 Å². The lowest BCUT2D eigenvalue weighted by Gasteiger charge is -2.19. The van der Waals surface area contributed by atoms with Gasteiger partial charge in [-0.3, -0.25) is 9.47 Å². The molecular formula is C14H21N5OS2. The summed E-state index contributed by atoms with van der Waals surface area (Å²) in [5.74, 6) is 0.684. The summed E-state index contributed by atoms with van der Waals surface area (Å²) in [6.45, 7) is 4.59. The third-order valence-electron chi connectivity index (χ3n) is 3.90. The lowest BCUT2D eigenvalue weighted by Crippen LogP contribution is -2.29.